The number of hydrogen-bond donors (Lipinski definition) is 2. The number of unbranched alkanes of at least 4 members (excludes halogenated alkanes) is 1. The third-order valence-corrected chi connectivity index (χ3v) is 6.79. The van der Waals surface area contributed by atoms with Crippen molar-refractivity contribution in [2.45, 2.75) is 45.4 Å². The zero-order valence-corrected chi connectivity index (χ0v) is 20.8. The number of nitrogens with zero attached hydrogens (tertiary/aromatic N) is 1. The van der Waals surface area contributed by atoms with Crippen LogP contribution in [-0.2, 0) is 14.3 Å². The van der Waals surface area contributed by atoms with Gasteiger partial charge in [0.05, 0.1) is 0 Å². The lowest BCUT2D eigenvalue weighted by Crippen LogP contribution is -2.36. The number of carbonyl (C=O) groups is 3. The van der Waals surface area contributed by atoms with Gasteiger partial charge < -0.3 is 20.1 Å². The maximum Gasteiger partial charge on any atom is 0.407 e. The maximum absolute atomic E-state index is 12.6. The van der Waals surface area contributed by atoms with Crippen molar-refractivity contribution < 1.29 is 24.2 Å². The van der Waals surface area contributed by atoms with E-state index in [9.17, 15) is 14.4 Å². The van der Waals surface area contributed by atoms with Crippen LogP contribution in [0.1, 0.15) is 56.6 Å². The zero-order chi connectivity index (χ0) is 25.4. The Morgan fingerprint density at radius 2 is 1.60 bits per heavy atom. The normalized spacial score (nSPS) is 13.1. The van der Waals surface area contributed by atoms with Crippen LogP contribution in [0.15, 0.2) is 48.5 Å². The lowest BCUT2D eigenvalue weighted by Gasteiger charge is -2.24. The largest absolute Gasteiger partial charge is 0.481 e. The SMILES string of the molecule is CC(C)C(CNC(=O)OCC1c2ccccc2-c2ccccc21)CC(=O)N(C)CCCCC(=O)O. The third-order valence-electron chi connectivity index (χ3n) is 6.79. The molecule has 0 bridgehead atoms. The molecule has 0 spiro atoms. The molecule has 0 saturated carbocycles. The quantitative estimate of drug-likeness (QED) is 0.421. The summed E-state index contributed by atoms with van der Waals surface area (Å²) in [6.07, 6.45) is 1.15. The Morgan fingerprint density at radius 3 is 2.17 bits per heavy atom. The van der Waals surface area contributed by atoms with Gasteiger partial charge in [0.2, 0.25) is 5.91 Å². The molecule has 0 fully saturated rings. The van der Waals surface area contributed by atoms with Crippen LogP contribution in [0.2, 0.25) is 0 Å². The second kappa shape index (κ2) is 12.4. The summed E-state index contributed by atoms with van der Waals surface area (Å²) in [4.78, 5) is 37.4. The van der Waals surface area contributed by atoms with Gasteiger partial charge >= 0.3 is 12.1 Å². The first kappa shape index (κ1) is 26.3. The molecule has 35 heavy (non-hydrogen) atoms. The van der Waals surface area contributed by atoms with Crippen molar-refractivity contribution in [3.8, 4) is 11.1 Å². The molecule has 188 valence electrons. The Kier molecular flexibility index (Phi) is 9.29. The van der Waals surface area contributed by atoms with Gasteiger partial charge in [-0.05, 0) is 46.9 Å². The molecule has 0 saturated heterocycles. The summed E-state index contributed by atoms with van der Waals surface area (Å²) in [6, 6.07) is 16.4. The van der Waals surface area contributed by atoms with Crippen LogP contribution in [0.4, 0.5) is 4.79 Å². The number of nitrogens with one attached hydrogen (secondary N) is 1. The Labute approximate surface area is 207 Å². The van der Waals surface area contributed by atoms with Crippen molar-refractivity contribution in [3.05, 3.63) is 59.7 Å². The maximum atomic E-state index is 12.6. The number of carboxylic acids is 1. The molecule has 7 heteroatoms. The van der Waals surface area contributed by atoms with Gasteiger partial charge in [-0.25, -0.2) is 4.79 Å². The van der Waals surface area contributed by atoms with E-state index in [0.717, 1.165) is 0 Å². The van der Waals surface area contributed by atoms with Crippen LogP contribution in [0.25, 0.3) is 11.1 Å². The Morgan fingerprint density at radius 1 is 1.00 bits per heavy atom. The lowest BCUT2D eigenvalue weighted by molar-refractivity contribution is -0.137. The first-order valence-electron chi connectivity index (χ1n) is 12.3. The molecule has 1 aliphatic rings. The average Bonchev–Trinajstić information content (AvgIpc) is 3.16. The average molecular weight is 481 g/mol. The van der Waals surface area contributed by atoms with Crippen molar-refractivity contribution in [2.24, 2.45) is 11.8 Å². The number of rotatable bonds is 12. The van der Waals surface area contributed by atoms with Crippen molar-refractivity contribution >= 4 is 18.0 Å². The smallest absolute Gasteiger partial charge is 0.407 e. The molecule has 0 aliphatic heterocycles. The highest BCUT2D eigenvalue weighted by Gasteiger charge is 2.29. The van der Waals surface area contributed by atoms with Crippen molar-refractivity contribution in [1.82, 2.24) is 10.2 Å². The van der Waals surface area contributed by atoms with E-state index in [2.05, 4.69) is 29.6 Å². The van der Waals surface area contributed by atoms with Crippen LogP contribution in [0.3, 0.4) is 0 Å². The minimum Gasteiger partial charge on any atom is -0.481 e. The fraction of sp³-hybridized carbons (Fsp3) is 0.464. The van der Waals surface area contributed by atoms with Crippen LogP contribution >= 0.6 is 0 Å². The summed E-state index contributed by atoms with van der Waals surface area (Å²) in [5.41, 5.74) is 4.70. The van der Waals surface area contributed by atoms with Gasteiger partial charge in [0, 0.05) is 38.9 Å². The van der Waals surface area contributed by atoms with E-state index >= 15 is 0 Å². The third kappa shape index (κ3) is 7.07. The first-order chi connectivity index (χ1) is 16.8. The molecule has 2 aromatic rings. The lowest BCUT2D eigenvalue weighted by atomic mass is 9.92. The number of benzene rings is 2. The molecule has 1 aliphatic carbocycles. The number of fused-ring (bicyclic) bond motifs is 3. The van der Waals surface area contributed by atoms with Crippen LogP contribution < -0.4 is 5.32 Å². The van der Waals surface area contributed by atoms with Crippen molar-refractivity contribution in [1.29, 1.82) is 0 Å². The number of carboxylic acid groups (broad SMARTS) is 1. The van der Waals surface area contributed by atoms with E-state index in [1.807, 2.05) is 38.1 Å². The van der Waals surface area contributed by atoms with Crippen molar-refractivity contribution in [3.63, 3.8) is 0 Å². The zero-order valence-electron chi connectivity index (χ0n) is 20.8. The summed E-state index contributed by atoms with van der Waals surface area (Å²) in [5, 5.41) is 11.6. The Balaban J connectivity index is 1.48. The molecule has 2 N–H and O–H groups in total. The molecule has 0 radical (unpaired) electrons. The van der Waals surface area contributed by atoms with E-state index < -0.39 is 12.1 Å². The highest BCUT2D eigenvalue weighted by Crippen LogP contribution is 2.44. The van der Waals surface area contributed by atoms with E-state index in [4.69, 9.17) is 9.84 Å². The van der Waals surface area contributed by atoms with E-state index in [1.165, 1.54) is 22.3 Å². The van der Waals surface area contributed by atoms with Gasteiger partial charge in [0.1, 0.15) is 6.61 Å². The molecule has 0 heterocycles. The Hall–Kier alpha value is -3.35. The predicted octanol–water partition coefficient (Wildman–Crippen LogP) is 4.90. The molecule has 7 nitrogen and oxygen atoms in total. The van der Waals surface area contributed by atoms with E-state index in [1.54, 1.807) is 11.9 Å². The monoisotopic (exact) mass is 480 g/mol. The summed E-state index contributed by atoms with van der Waals surface area (Å²) in [6.45, 7) is 5.20. The van der Waals surface area contributed by atoms with Gasteiger partial charge in [0.15, 0.2) is 0 Å². The minimum atomic E-state index is -0.821. The van der Waals surface area contributed by atoms with Gasteiger partial charge in [-0.2, -0.15) is 0 Å². The summed E-state index contributed by atoms with van der Waals surface area (Å²) >= 11 is 0. The highest BCUT2D eigenvalue weighted by molar-refractivity contribution is 5.79. The molecule has 3 rings (SSSR count). The predicted molar refractivity (Wildman–Crippen MR) is 135 cm³/mol. The highest BCUT2D eigenvalue weighted by atomic mass is 16.5. The number of alkyl carbamates (subject to hydrolysis) is 1. The van der Waals surface area contributed by atoms with Crippen LogP contribution in [-0.4, -0.2) is 54.7 Å². The molecule has 1 unspecified atom stereocenters. The second-order valence-electron chi connectivity index (χ2n) is 9.58. The summed E-state index contributed by atoms with van der Waals surface area (Å²) in [5.74, 6) is -0.644. The molecule has 2 amide bonds. The number of aliphatic carboxylic acids is 1. The number of hydrogen-bond acceptors (Lipinski definition) is 4. The molecular weight excluding hydrogens is 444 g/mol. The van der Waals surface area contributed by atoms with Gasteiger partial charge in [-0.3, -0.25) is 9.59 Å². The van der Waals surface area contributed by atoms with E-state index in [0.29, 0.717) is 32.4 Å². The van der Waals surface area contributed by atoms with Gasteiger partial charge in [0.25, 0.3) is 0 Å². The number of ether oxygens (including phenoxy) is 1. The van der Waals surface area contributed by atoms with Crippen LogP contribution in [0.5, 0.6) is 0 Å². The summed E-state index contributed by atoms with van der Waals surface area (Å²) < 4.78 is 5.61. The van der Waals surface area contributed by atoms with Gasteiger partial charge in [-0.15, -0.1) is 0 Å². The van der Waals surface area contributed by atoms with Crippen LogP contribution in [0, 0.1) is 11.8 Å². The molecule has 2 aromatic carbocycles. The molecule has 1 atom stereocenters. The fourth-order valence-corrected chi connectivity index (χ4v) is 4.54. The molecular formula is C28H36N2O5. The topological polar surface area (TPSA) is 95.9 Å². The van der Waals surface area contributed by atoms with Gasteiger partial charge in [-0.1, -0.05) is 62.4 Å². The first-order valence-corrected chi connectivity index (χ1v) is 12.3. The Bertz CT molecular complexity index is 990. The molecule has 0 aromatic heterocycles. The minimum absolute atomic E-state index is 0.00500. The number of amides is 2. The standard InChI is InChI=1S/C28H36N2O5/c1-19(2)20(16-26(31)30(3)15-9-8-14-27(32)33)17-29-28(34)35-18-25-23-12-6-4-10-21(23)22-11-5-7-13-24(22)25/h4-7,10-13,19-20,25H,8-9,14-18H2,1-3H3,(H,29,34)(H,32,33). The number of carbonyl (C=O) groups excluding carboxylic acids is 2. The summed E-state index contributed by atoms with van der Waals surface area (Å²) in [7, 11) is 1.74. The second-order valence-corrected chi connectivity index (χ2v) is 9.58. The van der Waals surface area contributed by atoms with Crippen molar-refractivity contribution in [2.75, 3.05) is 26.7 Å². The van der Waals surface area contributed by atoms with E-state index in [-0.39, 0.29) is 36.7 Å². The fourth-order valence-electron chi connectivity index (χ4n) is 4.54.